The van der Waals surface area contributed by atoms with Crippen molar-refractivity contribution < 1.29 is 14.4 Å². The minimum absolute atomic E-state index is 0.223. The average Bonchev–Trinajstić information content (AvgIpc) is 3.04. The highest BCUT2D eigenvalue weighted by molar-refractivity contribution is 5.98. The Morgan fingerprint density at radius 3 is 1.88 bits per heavy atom. The minimum atomic E-state index is -0.865. The maximum absolute atomic E-state index is 14.5. The molecule has 0 bridgehead atoms. The van der Waals surface area contributed by atoms with E-state index in [0.29, 0.717) is 18.5 Å². The van der Waals surface area contributed by atoms with Gasteiger partial charge in [0.1, 0.15) is 12.1 Å². The van der Waals surface area contributed by atoms with E-state index in [2.05, 4.69) is 6.07 Å². The zero-order valence-electron chi connectivity index (χ0n) is 25.6. The van der Waals surface area contributed by atoms with Crippen LogP contribution in [0.15, 0.2) is 97.1 Å². The highest BCUT2D eigenvalue weighted by Gasteiger charge is 2.36. The third-order valence-corrected chi connectivity index (χ3v) is 8.02. The number of fused-ring (bicyclic) bond motifs is 1. The lowest BCUT2D eigenvalue weighted by Gasteiger charge is -2.37. The number of benzene rings is 4. The Morgan fingerprint density at radius 2 is 1.21 bits per heavy atom. The van der Waals surface area contributed by atoms with Gasteiger partial charge in [0, 0.05) is 60.2 Å². The predicted octanol–water partition coefficient (Wildman–Crippen LogP) is 3.99. The van der Waals surface area contributed by atoms with Crippen molar-refractivity contribution in [3.05, 3.63) is 119 Å². The van der Waals surface area contributed by atoms with Gasteiger partial charge >= 0.3 is 0 Å². The lowest BCUT2D eigenvalue weighted by molar-refractivity contribution is -0.153. The largest absolute Gasteiger partial charge is 0.332 e. The van der Waals surface area contributed by atoms with E-state index in [-0.39, 0.29) is 24.1 Å². The van der Waals surface area contributed by atoms with E-state index < -0.39 is 12.1 Å². The van der Waals surface area contributed by atoms with E-state index >= 15 is 0 Å². The Hall–Kier alpha value is -4.53. The van der Waals surface area contributed by atoms with Gasteiger partial charge in [-0.25, -0.2) is 5.01 Å². The van der Waals surface area contributed by atoms with Gasteiger partial charge in [-0.2, -0.15) is 0 Å². The fraction of sp³-hybridized carbons (Fsp3) is 0.286. The van der Waals surface area contributed by atoms with Gasteiger partial charge in [-0.15, -0.1) is 0 Å². The fourth-order valence-electron chi connectivity index (χ4n) is 5.18. The van der Waals surface area contributed by atoms with Crippen LogP contribution in [0.4, 0.5) is 0 Å². The third-order valence-electron chi connectivity index (χ3n) is 8.02. The second-order valence-electron chi connectivity index (χ2n) is 11.1. The topological polar surface area (TPSA) is 90.2 Å². The van der Waals surface area contributed by atoms with Crippen LogP contribution in [-0.4, -0.2) is 84.9 Å². The van der Waals surface area contributed by atoms with Gasteiger partial charge in [-0.05, 0) is 39.6 Å². The number of likely N-dealkylation sites (N-methyl/N-ethyl adjacent to an activating group) is 3. The SMILES string of the molecule is CN(C(=O)c1cccc(CN)c1)[C@H](Cc1ccc2ccccc2c1)C(=O)N(C)[C@@H](Cc1ccccc1)C(=O)N(C)N(C)C. The molecule has 0 spiro atoms. The lowest BCUT2D eigenvalue weighted by atomic mass is 9.98. The molecular weight excluding hydrogens is 538 g/mol. The third kappa shape index (κ3) is 7.46. The molecule has 0 heterocycles. The molecular formula is C35H41N5O3. The second kappa shape index (κ2) is 14.1. The van der Waals surface area contributed by atoms with Crippen LogP contribution in [0.3, 0.4) is 0 Å². The number of rotatable bonds is 11. The summed E-state index contributed by atoms with van der Waals surface area (Å²) in [7, 11) is 8.55. The molecule has 0 fully saturated rings. The van der Waals surface area contributed by atoms with Crippen LogP contribution in [0.5, 0.6) is 0 Å². The van der Waals surface area contributed by atoms with Gasteiger partial charge < -0.3 is 15.5 Å². The van der Waals surface area contributed by atoms with Crippen molar-refractivity contribution in [1.82, 2.24) is 19.8 Å². The fourth-order valence-corrected chi connectivity index (χ4v) is 5.18. The van der Waals surface area contributed by atoms with Crippen LogP contribution in [0.25, 0.3) is 10.8 Å². The summed E-state index contributed by atoms with van der Waals surface area (Å²) in [6.07, 6.45) is 0.613. The maximum atomic E-state index is 14.5. The van der Waals surface area contributed by atoms with Gasteiger partial charge in [0.15, 0.2) is 0 Å². The number of nitrogens with two attached hydrogens (primary N) is 1. The highest BCUT2D eigenvalue weighted by Crippen LogP contribution is 2.21. The van der Waals surface area contributed by atoms with E-state index in [4.69, 9.17) is 5.73 Å². The molecule has 224 valence electrons. The summed E-state index contributed by atoms with van der Waals surface area (Å²) >= 11 is 0. The Kier molecular flexibility index (Phi) is 10.3. The standard InChI is InChI=1S/C35H41N5O3/c1-37(2)40(5)35(43)32(22-25-12-7-6-8-13-25)39(4)34(42)31(23-26-18-19-28-15-9-10-16-29(28)20-26)38(3)33(41)30-17-11-14-27(21-30)24-36/h6-21,31-32H,22-24,36H2,1-5H3/t31-,32+/m1/s1. The van der Waals surface area contributed by atoms with Gasteiger partial charge in [0.25, 0.3) is 11.8 Å². The molecule has 0 saturated carbocycles. The molecule has 0 aliphatic rings. The molecule has 43 heavy (non-hydrogen) atoms. The second-order valence-corrected chi connectivity index (χ2v) is 11.1. The summed E-state index contributed by atoms with van der Waals surface area (Å²) < 4.78 is 0. The first kappa shape index (κ1) is 31.4. The molecule has 0 radical (unpaired) electrons. The van der Waals surface area contributed by atoms with Crippen LogP contribution < -0.4 is 5.73 Å². The van der Waals surface area contributed by atoms with E-state index in [1.165, 1.54) is 14.8 Å². The molecule has 4 rings (SSSR count). The van der Waals surface area contributed by atoms with Crippen molar-refractivity contribution in [2.75, 3.05) is 35.2 Å². The van der Waals surface area contributed by atoms with Crippen LogP contribution in [0.1, 0.15) is 27.0 Å². The van der Waals surface area contributed by atoms with E-state index in [0.717, 1.165) is 27.5 Å². The summed E-state index contributed by atoms with van der Waals surface area (Å²) in [5.74, 6) is -0.835. The van der Waals surface area contributed by atoms with Gasteiger partial charge in [-0.3, -0.25) is 19.4 Å². The number of carbonyl (C=O) groups excluding carboxylic acids is 3. The molecule has 4 aromatic carbocycles. The quantitative estimate of drug-likeness (QED) is 0.272. The van der Waals surface area contributed by atoms with Crippen molar-refractivity contribution >= 4 is 28.5 Å². The molecule has 2 N–H and O–H groups in total. The smallest absolute Gasteiger partial charge is 0.259 e. The Labute approximate surface area is 254 Å². The minimum Gasteiger partial charge on any atom is -0.332 e. The first-order valence-electron chi connectivity index (χ1n) is 14.4. The first-order chi connectivity index (χ1) is 20.6. The monoisotopic (exact) mass is 579 g/mol. The number of hydrazine groups is 1. The normalized spacial score (nSPS) is 12.5. The molecule has 8 heteroatoms. The van der Waals surface area contributed by atoms with Gasteiger partial charge in [0.2, 0.25) is 5.91 Å². The summed E-state index contributed by atoms with van der Waals surface area (Å²) in [6.45, 7) is 0.301. The van der Waals surface area contributed by atoms with Crippen molar-refractivity contribution in [3.8, 4) is 0 Å². The number of amides is 3. The molecule has 0 aliphatic heterocycles. The number of hydrogen-bond acceptors (Lipinski definition) is 5. The van der Waals surface area contributed by atoms with Gasteiger partial charge in [-0.1, -0.05) is 84.9 Å². The summed E-state index contributed by atoms with van der Waals surface area (Å²) in [5.41, 5.74) is 8.96. The molecule has 0 aromatic heterocycles. The highest BCUT2D eigenvalue weighted by atomic mass is 16.2. The zero-order valence-corrected chi connectivity index (χ0v) is 25.6. The summed E-state index contributed by atoms with van der Waals surface area (Å²) in [6, 6.07) is 29.2. The van der Waals surface area contributed by atoms with Crippen molar-refractivity contribution in [1.29, 1.82) is 0 Å². The van der Waals surface area contributed by atoms with Gasteiger partial charge in [0.05, 0.1) is 0 Å². The van der Waals surface area contributed by atoms with Crippen molar-refractivity contribution in [2.45, 2.75) is 31.5 Å². The Bertz CT molecular complexity index is 1570. The zero-order chi connectivity index (χ0) is 31.1. The Balaban J connectivity index is 1.72. The van der Waals surface area contributed by atoms with E-state index in [9.17, 15) is 14.4 Å². The number of carbonyl (C=O) groups is 3. The molecule has 2 atom stereocenters. The number of hydrogen-bond donors (Lipinski definition) is 1. The molecule has 0 unspecified atom stereocenters. The number of nitrogens with zero attached hydrogens (tertiary/aromatic N) is 4. The predicted molar refractivity (Wildman–Crippen MR) is 171 cm³/mol. The first-order valence-corrected chi connectivity index (χ1v) is 14.4. The molecule has 8 nitrogen and oxygen atoms in total. The summed E-state index contributed by atoms with van der Waals surface area (Å²) in [5, 5.41) is 5.33. The van der Waals surface area contributed by atoms with E-state index in [1.54, 1.807) is 58.4 Å². The lowest BCUT2D eigenvalue weighted by Crippen LogP contribution is -2.57. The van der Waals surface area contributed by atoms with Crippen LogP contribution >= 0.6 is 0 Å². The summed E-state index contributed by atoms with van der Waals surface area (Å²) in [4.78, 5) is 45.0. The average molecular weight is 580 g/mol. The molecule has 0 saturated heterocycles. The molecule has 3 amide bonds. The van der Waals surface area contributed by atoms with Crippen LogP contribution in [-0.2, 0) is 29.0 Å². The van der Waals surface area contributed by atoms with Crippen LogP contribution in [0, 0.1) is 0 Å². The Morgan fingerprint density at radius 1 is 0.605 bits per heavy atom. The van der Waals surface area contributed by atoms with Crippen molar-refractivity contribution in [3.63, 3.8) is 0 Å². The molecule has 0 aliphatic carbocycles. The maximum Gasteiger partial charge on any atom is 0.259 e. The molecule has 4 aromatic rings. The van der Waals surface area contributed by atoms with E-state index in [1.807, 2.05) is 72.8 Å². The van der Waals surface area contributed by atoms with Crippen molar-refractivity contribution in [2.24, 2.45) is 5.73 Å². The van der Waals surface area contributed by atoms with Crippen LogP contribution in [0.2, 0.25) is 0 Å².